The lowest BCUT2D eigenvalue weighted by Gasteiger charge is -2.18. The van der Waals surface area contributed by atoms with Crippen molar-refractivity contribution in [1.82, 2.24) is 0 Å². The molecular formula is C19H18FN3O. The first kappa shape index (κ1) is 14.8. The minimum Gasteiger partial charge on any atom is -0.369 e. The molecule has 0 saturated carbocycles. The van der Waals surface area contributed by atoms with Gasteiger partial charge in [0.2, 0.25) is 0 Å². The van der Waals surface area contributed by atoms with E-state index in [-0.39, 0.29) is 11.7 Å². The van der Waals surface area contributed by atoms with Crippen LogP contribution in [0.4, 0.5) is 21.5 Å². The number of para-hydroxylation sites is 1. The van der Waals surface area contributed by atoms with Gasteiger partial charge in [-0.3, -0.25) is 4.79 Å². The third-order valence-corrected chi connectivity index (χ3v) is 4.49. The van der Waals surface area contributed by atoms with Gasteiger partial charge in [0, 0.05) is 36.2 Å². The SMILES string of the molecule is O=C1Nc2ccccc2C1=CNc1ccc(N2CCCC2)c(F)c1. The van der Waals surface area contributed by atoms with Crippen molar-refractivity contribution in [1.29, 1.82) is 0 Å². The molecule has 1 amide bonds. The van der Waals surface area contributed by atoms with Gasteiger partial charge in [-0.1, -0.05) is 18.2 Å². The minimum absolute atomic E-state index is 0.155. The number of nitrogens with one attached hydrogen (secondary N) is 2. The molecule has 0 unspecified atom stereocenters. The third kappa shape index (κ3) is 2.62. The first-order valence-electron chi connectivity index (χ1n) is 8.14. The summed E-state index contributed by atoms with van der Waals surface area (Å²) in [5.41, 5.74) is 3.47. The van der Waals surface area contributed by atoms with Crippen molar-refractivity contribution >= 4 is 28.5 Å². The van der Waals surface area contributed by atoms with E-state index in [2.05, 4.69) is 15.5 Å². The number of carbonyl (C=O) groups is 1. The Kier molecular flexibility index (Phi) is 3.69. The van der Waals surface area contributed by atoms with Crippen LogP contribution in [0.15, 0.2) is 48.7 Å². The number of fused-ring (bicyclic) bond motifs is 1. The summed E-state index contributed by atoms with van der Waals surface area (Å²) in [7, 11) is 0. The van der Waals surface area contributed by atoms with Gasteiger partial charge in [0.25, 0.3) is 5.91 Å². The first-order valence-corrected chi connectivity index (χ1v) is 8.14. The summed E-state index contributed by atoms with van der Waals surface area (Å²) in [5.74, 6) is -0.394. The molecule has 0 radical (unpaired) electrons. The monoisotopic (exact) mass is 323 g/mol. The Balaban J connectivity index is 1.56. The summed E-state index contributed by atoms with van der Waals surface area (Å²) in [6.45, 7) is 1.81. The van der Waals surface area contributed by atoms with Crippen molar-refractivity contribution < 1.29 is 9.18 Å². The lowest BCUT2D eigenvalue weighted by Crippen LogP contribution is -2.18. The molecule has 2 aromatic carbocycles. The van der Waals surface area contributed by atoms with Gasteiger partial charge in [0.05, 0.1) is 11.3 Å². The minimum atomic E-state index is -0.239. The Bertz CT molecular complexity index is 825. The number of amides is 1. The second-order valence-corrected chi connectivity index (χ2v) is 6.06. The molecule has 1 fully saturated rings. The van der Waals surface area contributed by atoms with E-state index in [1.54, 1.807) is 12.3 Å². The number of benzene rings is 2. The maximum absolute atomic E-state index is 14.3. The van der Waals surface area contributed by atoms with Crippen LogP contribution in [0.5, 0.6) is 0 Å². The molecular weight excluding hydrogens is 305 g/mol. The quantitative estimate of drug-likeness (QED) is 0.844. The molecule has 4 nitrogen and oxygen atoms in total. The van der Waals surface area contributed by atoms with E-state index >= 15 is 0 Å². The molecule has 24 heavy (non-hydrogen) atoms. The molecule has 2 aliphatic heterocycles. The molecule has 4 rings (SSSR count). The van der Waals surface area contributed by atoms with E-state index in [0.717, 1.165) is 37.2 Å². The van der Waals surface area contributed by atoms with Crippen molar-refractivity contribution in [2.45, 2.75) is 12.8 Å². The zero-order chi connectivity index (χ0) is 16.5. The van der Waals surface area contributed by atoms with Gasteiger partial charge in [0.1, 0.15) is 5.82 Å². The summed E-state index contributed by atoms with van der Waals surface area (Å²) in [5, 5.41) is 5.85. The maximum Gasteiger partial charge on any atom is 0.257 e. The van der Waals surface area contributed by atoms with Crippen molar-refractivity contribution in [3.63, 3.8) is 0 Å². The zero-order valence-electron chi connectivity index (χ0n) is 13.2. The van der Waals surface area contributed by atoms with Crippen LogP contribution in [0.2, 0.25) is 0 Å². The highest BCUT2D eigenvalue weighted by atomic mass is 19.1. The average molecular weight is 323 g/mol. The number of rotatable bonds is 3. The molecule has 0 atom stereocenters. The predicted octanol–water partition coefficient (Wildman–Crippen LogP) is 3.83. The fourth-order valence-electron chi connectivity index (χ4n) is 3.25. The van der Waals surface area contributed by atoms with E-state index in [4.69, 9.17) is 0 Å². The second kappa shape index (κ2) is 6.00. The summed E-state index contributed by atoms with van der Waals surface area (Å²) in [4.78, 5) is 14.1. The zero-order valence-corrected chi connectivity index (χ0v) is 13.2. The van der Waals surface area contributed by atoms with E-state index in [1.807, 2.05) is 30.3 Å². The van der Waals surface area contributed by atoms with Gasteiger partial charge in [-0.25, -0.2) is 4.39 Å². The van der Waals surface area contributed by atoms with E-state index in [9.17, 15) is 9.18 Å². The van der Waals surface area contributed by atoms with Gasteiger partial charge in [-0.15, -0.1) is 0 Å². The summed E-state index contributed by atoms with van der Waals surface area (Å²) in [6, 6.07) is 12.6. The highest BCUT2D eigenvalue weighted by Gasteiger charge is 2.23. The Hall–Kier alpha value is -2.82. The predicted molar refractivity (Wildman–Crippen MR) is 94.5 cm³/mol. The third-order valence-electron chi connectivity index (χ3n) is 4.49. The van der Waals surface area contributed by atoms with E-state index < -0.39 is 0 Å². The molecule has 2 N–H and O–H groups in total. The van der Waals surface area contributed by atoms with Crippen molar-refractivity contribution in [3.05, 3.63) is 60.0 Å². The number of halogens is 1. The first-order chi connectivity index (χ1) is 11.7. The molecule has 2 heterocycles. The number of nitrogens with zero attached hydrogens (tertiary/aromatic N) is 1. The Morgan fingerprint density at radius 2 is 1.92 bits per heavy atom. The highest BCUT2D eigenvalue weighted by Crippen LogP contribution is 2.31. The van der Waals surface area contributed by atoms with Gasteiger partial charge < -0.3 is 15.5 Å². The molecule has 0 aliphatic carbocycles. The maximum atomic E-state index is 14.3. The second-order valence-electron chi connectivity index (χ2n) is 6.06. The fourth-order valence-corrected chi connectivity index (χ4v) is 3.25. The van der Waals surface area contributed by atoms with Crippen LogP contribution in [-0.4, -0.2) is 19.0 Å². The Morgan fingerprint density at radius 1 is 1.12 bits per heavy atom. The molecule has 0 bridgehead atoms. The summed E-state index contributed by atoms with van der Waals surface area (Å²) in [6.07, 6.45) is 3.85. The van der Waals surface area contributed by atoms with Crippen LogP contribution < -0.4 is 15.5 Å². The molecule has 2 aromatic rings. The number of hydrogen-bond donors (Lipinski definition) is 2. The van der Waals surface area contributed by atoms with Crippen LogP contribution in [0, 0.1) is 5.82 Å². The molecule has 122 valence electrons. The molecule has 2 aliphatic rings. The van der Waals surface area contributed by atoms with Crippen molar-refractivity contribution in [3.8, 4) is 0 Å². The molecule has 0 spiro atoms. The molecule has 1 saturated heterocycles. The number of anilines is 3. The van der Waals surface area contributed by atoms with Crippen LogP contribution in [0.1, 0.15) is 18.4 Å². The Labute approximate surface area is 140 Å². The van der Waals surface area contributed by atoms with Gasteiger partial charge >= 0.3 is 0 Å². The van der Waals surface area contributed by atoms with Crippen LogP contribution in [-0.2, 0) is 4.79 Å². The van der Waals surface area contributed by atoms with Crippen molar-refractivity contribution in [2.24, 2.45) is 0 Å². The lowest BCUT2D eigenvalue weighted by atomic mass is 10.1. The van der Waals surface area contributed by atoms with Crippen LogP contribution >= 0.6 is 0 Å². The molecule has 5 heteroatoms. The molecule has 0 aromatic heterocycles. The van der Waals surface area contributed by atoms with E-state index in [0.29, 0.717) is 16.9 Å². The number of hydrogen-bond acceptors (Lipinski definition) is 3. The largest absolute Gasteiger partial charge is 0.369 e. The summed E-state index contributed by atoms with van der Waals surface area (Å²) >= 11 is 0. The van der Waals surface area contributed by atoms with Crippen LogP contribution in [0.3, 0.4) is 0 Å². The van der Waals surface area contributed by atoms with Gasteiger partial charge in [0.15, 0.2) is 0 Å². The Morgan fingerprint density at radius 3 is 2.71 bits per heavy atom. The standard InChI is InChI=1S/C19H18FN3O/c20-16-11-13(7-8-18(16)23-9-3-4-10-23)21-12-15-14-5-1-2-6-17(14)22-19(15)24/h1-2,5-8,11-12,21H,3-4,9-10H2,(H,22,24). The fraction of sp³-hybridized carbons (Fsp3) is 0.211. The van der Waals surface area contributed by atoms with Gasteiger partial charge in [-0.05, 0) is 37.1 Å². The smallest absolute Gasteiger partial charge is 0.257 e. The average Bonchev–Trinajstić information content (AvgIpc) is 3.20. The van der Waals surface area contributed by atoms with E-state index in [1.165, 1.54) is 6.07 Å². The van der Waals surface area contributed by atoms with Crippen molar-refractivity contribution in [2.75, 3.05) is 28.6 Å². The number of carbonyl (C=O) groups excluding carboxylic acids is 1. The topological polar surface area (TPSA) is 44.4 Å². The summed E-state index contributed by atoms with van der Waals surface area (Å²) < 4.78 is 14.3. The van der Waals surface area contributed by atoms with Crippen LogP contribution in [0.25, 0.3) is 5.57 Å². The normalized spacial score (nSPS) is 18.0. The lowest BCUT2D eigenvalue weighted by molar-refractivity contribution is -0.110. The van der Waals surface area contributed by atoms with Gasteiger partial charge in [-0.2, -0.15) is 0 Å². The highest BCUT2D eigenvalue weighted by molar-refractivity contribution is 6.31.